The number of esters is 1. The van der Waals surface area contributed by atoms with Gasteiger partial charge in [-0.05, 0) is 18.1 Å². The summed E-state index contributed by atoms with van der Waals surface area (Å²) >= 11 is 3.48. The second-order valence-electron chi connectivity index (χ2n) is 5.79. The van der Waals surface area contributed by atoms with Crippen LogP contribution in [-0.4, -0.2) is 16.9 Å². The molecule has 1 aliphatic heterocycles. The maximum atomic E-state index is 12.8. The number of hydrogen-bond acceptors (Lipinski definition) is 2. The first-order valence-corrected chi connectivity index (χ1v) is 8.13. The van der Waals surface area contributed by atoms with E-state index in [1.165, 1.54) is 0 Å². The van der Waals surface area contributed by atoms with Gasteiger partial charge in [0, 0.05) is 11.8 Å². The highest BCUT2D eigenvalue weighted by molar-refractivity contribution is 9.09. The Morgan fingerprint density at radius 2 is 1.48 bits per heavy atom. The Morgan fingerprint density at radius 3 is 1.86 bits per heavy atom. The molecule has 2 nitrogen and oxygen atoms in total. The predicted molar refractivity (Wildman–Crippen MR) is 86.6 cm³/mol. The van der Waals surface area contributed by atoms with E-state index in [2.05, 4.69) is 15.9 Å². The fourth-order valence-electron chi connectivity index (χ4n) is 3.11. The molecule has 0 bridgehead atoms. The zero-order chi connectivity index (χ0) is 14.9. The normalized spacial score (nSPS) is 23.8. The largest absolute Gasteiger partial charge is 0.457 e. The summed E-state index contributed by atoms with van der Waals surface area (Å²) in [5.74, 6) is -0.165. The average Bonchev–Trinajstić information content (AvgIpc) is 2.82. The molecule has 0 amide bonds. The molecular weight excluding hydrogens is 328 g/mol. The lowest BCUT2D eigenvalue weighted by molar-refractivity contribution is -0.148. The van der Waals surface area contributed by atoms with Crippen molar-refractivity contribution in [2.24, 2.45) is 0 Å². The predicted octanol–water partition coefficient (Wildman–Crippen LogP) is 4.07. The van der Waals surface area contributed by atoms with Crippen LogP contribution in [0, 0.1) is 0 Å². The molecule has 1 unspecified atom stereocenters. The van der Waals surface area contributed by atoms with Gasteiger partial charge in [-0.3, -0.25) is 4.79 Å². The quantitative estimate of drug-likeness (QED) is 0.619. The van der Waals surface area contributed by atoms with Crippen LogP contribution in [0.5, 0.6) is 0 Å². The molecule has 1 saturated heterocycles. The molecular formula is C18H17BrO2. The maximum absolute atomic E-state index is 12.8. The molecule has 2 aromatic rings. The Hall–Kier alpha value is -1.61. The molecule has 0 saturated carbocycles. The van der Waals surface area contributed by atoms with Gasteiger partial charge in [0.15, 0.2) is 0 Å². The van der Waals surface area contributed by atoms with Gasteiger partial charge in [-0.15, -0.1) is 0 Å². The zero-order valence-electron chi connectivity index (χ0n) is 11.9. The van der Waals surface area contributed by atoms with Crippen LogP contribution in [0.15, 0.2) is 60.7 Å². The van der Waals surface area contributed by atoms with Crippen molar-refractivity contribution in [3.63, 3.8) is 0 Å². The number of ether oxygens (including phenoxy) is 1. The van der Waals surface area contributed by atoms with Gasteiger partial charge in [0.2, 0.25) is 0 Å². The highest BCUT2D eigenvalue weighted by Crippen LogP contribution is 2.47. The molecule has 0 spiro atoms. The van der Waals surface area contributed by atoms with E-state index < -0.39 is 11.0 Å². The van der Waals surface area contributed by atoms with Gasteiger partial charge in [-0.25, -0.2) is 0 Å². The standard InChI is InChI=1S/C18H17BrO2/c1-17(13-19)12-18(16(20)21-17,14-8-4-2-5-9-14)15-10-6-3-7-11-15/h2-11H,12-13H2,1H3. The second kappa shape index (κ2) is 5.30. The average molecular weight is 345 g/mol. The van der Waals surface area contributed by atoms with Crippen LogP contribution in [0.1, 0.15) is 24.5 Å². The first kappa shape index (κ1) is 14.3. The lowest BCUT2D eigenvalue weighted by atomic mass is 9.70. The maximum Gasteiger partial charge on any atom is 0.321 e. The van der Waals surface area contributed by atoms with E-state index in [1.54, 1.807) is 0 Å². The molecule has 21 heavy (non-hydrogen) atoms. The molecule has 1 atom stereocenters. The summed E-state index contributed by atoms with van der Waals surface area (Å²) in [4.78, 5) is 12.8. The molecule has 1 fully saturated rings. The number of carbonyl (C=O) groups excluding carboxylic acids is 1. The summed E-state index contributed by atoms with van der Waals surface area (Å²) in [6.07, 6.45) is 0.637. The van der Waals surface area contributed by atoms with Gasteiger partial charge in [0.05, 0.1) is 0 Å². The number of cyclic esters (lactones) is 1. The SMILES string of the molecule is CC1(CBr)CC(c2ccccc2)(c2ccccc2)C(=O)O1. The van der Waals surface area contributed by atoms with Gasteiger partial charge in [0.25, 0.3) is 0 Å². The van der Waals surface area contributed by atoms with Crippen LogP contribution >= 0.6 is 15.9 Å². The number of rotatable bonds is 3. The van der Waals surface area contributed by atoms with Crippen LogP contribution in [0.25, 0.3) is 0 Å². The molecule has 0 aliphatic carbocycles. The van der Waals surface area contributed by atoms with Crippen molar-refractivity contribution in [1.29, 1.82) is 0 Å². The minimum atomic E-state index is -0.717. The van der Waals surface area contributed by atoms with Crippen LogP contribution in [0.4, 0.5) is 0 Å². The summed E-state index contributed by atoms with van der Waals surface area (Å²) in [6.45, 7) is 1.98. The minimum absolute atomic E-state index is 0.165. The van der Waals surface area contributed by atoms with E-state index in [9.17, 15) is 4.79 Å². The van der Waals surface area contributed by atoms with Crippen molar-refractivity contribution in [2.75, 3.05) is 5.33 Å². The van der Waals surface area contributed by atoms with Crippen LogP contribution < -0.4 is 0 Å². The highest BCUT2D eigenvalue weighted by Gasteiger charge is 2.56. The molecule has 108 valence electrons. The monoisotopic (exact) mass is 344 g/mol. The lowest BCUT2D eigenvalue weighted by Crippen LogP contribution is -2.34. The van der Waals surface area contributed by atoms with Crippen molar-refractivity contribution in [3.8, 4) is 0 Å². The number of hydrogen-bond donors (Lipinski definition) is 0. The Kier molecular flexibility index (Phi) is 3.62. The molecule has 0 radical (unpaired) electrons. The molecule has 0 N–H and O–H groups in total. The third-order valence-corrected chi connectivity index (χ3v) is 5.33. The van der Waals surface area contributed by atoms with Gasteiger partial charge >= 0.3 is 5.97 Å². The molecule has 2 aromatic carbocycles. The number of carbonyl (C=O) groups is 1. The van der Waals surface area contributed by atoms with Gasteiger partial charge in [0.1, 0.15) is 11.0 Å². The van der Waals surface area contributed by atoms with Crippen molar-refractivity contribution in [2.45, 2.75) is 24.4 Å². The molecule has 0 aromatic heterocycles. The molecule has 3 rings (SSSR count). The second-order valence-corrected chi connectivity index (χ2v) is 6.35. The van der Waals surface area contributed by atoms with Crippen molar-refractivity contribution >= 4 is 21.9 Å². The van der Waals surface area contributed by atoms with E-state index >= 15 is 0 Å². The van der Waals surface area contributed by atoms with Gasteiger partial charge < -0.3 is 4.74 Å². The van der Waals surface area contributed by atoms with Crippen molar-refractivity contribution in [1.82, 2.24) is 0 Å². The summed E-state index contributed by atoms with van der Waals surface area (Å²) in [6, 6.07) is 19.8. The summed E-state index contributed by atoms with van der Waals surface area (Å²) in [7, 11) is 0. The van der Waals surface area contributed by atoms with E-state index in [-0.39, 0.29) is 5.97 Å². The molecule has 3 heteroatoms. The van der Waals surface area contributed by atoms with E-state index in [4.69, 9.17) is 4.74 Å². The summed E-state index contributed by atoms with van der Waals surface area (Å²) < 4.78 is 5.74. The summed E-state index contributed by atoms with van der Waals surface area (Å²) in [5, 5.41) is 0.632. The highest BCUT2D eigenvalue weighted by atomic mass is 79.9. The van der Waals surface area contributed by atoms with E-state index in [1.807, 2.05) is 67.6 Å². The Bertz CT molecular complexity index is 599. The Morgan fingerprint density at radius 1 is 1.00 bits per heavy atom. The third-order valence-electron chi connectivity index (χ3n) is 4.14. The molecule has 1 aliphatic rings. The fourth-order valence-corrected chi connectivity index (χ4v) is 3.42. The van der Waals surface area contributed by atoms with Crippen molar-refractivity contribution in [3.05, 3.63) is 71.8 Å². The van der Waals surface area contributed by atoms with Gasteiger partial charge in [-0.1, -0.05) is 76.6 Å². The minimum Gasteiger partial charge on any atom is -0.457 e. The zero-order valence-corrected chi connectivity index (χ0v) is 13.5. The topological polar surface area (TPSA) is 26.3 Å². The van der Waals surface area contributed by atoms with Crippen LogP contribution in [0.3, 0.4) is 0 Å². The first-order chi connectivity index (χ1) is 10.1. The Balaban J connectivity index is 2.20. The van der Waals surface area contributed by atoms with Crippen LogP contribution in [-0.2, 0) is 14.9 Å². The number of alkyl halides is 1. The number of halogens is 1. The Labute approximate surface area is 133 Å². The van der Waals surface area contributed by atoms with Gasteiger partial charge in [-0.2, -0.15) is 0 Å². The number of benzene rings is 2. The summed E-state index contributed by atoms with van der Waals surface area (Å²) in [5.41, 5.74) is 0.783. The first-order valence-electron chi connectivity index (χ1n) is 7.01. The molecule has 1 heterocycles. The fraction of sp³-hybridized carbons (Fsp3) is 0.278. The van der Waals surface area contributed by atoms with Crippen molar-refractivity contribution < 1.29 is 9.53 Å². The third kappa shape index (κ3) is 2.30. The van der Waals surface area contributed by atoms with E-state index in [0.717, 1.165) is 11.1 Å². The van der Waals surface area contributed by atoms with Crippen LogP contribution in [0.2, 0.25) is 0 Å². The smallest absolute Gasteiger partial charge is 0.321 e. The lowest BCUT2D eigenvalue weighted by Gasteiger charge is -2.27. The van der Waals surface area contributed by atoms with E-state index in [0.29, 0.717) is 11.8 Å².